The molecule has 1 aromatic carbocycles. The van der Waals surface area contributed by atoms with Gasteiger partial charge in [-0.3, -0.25) is 9.59 Å². The number of thiophene rings is 1. The summed E-state index contributed by atoms with van der Waals surface area (Å²) in [6, 6.07) is 5.54. The maximum Gasteiger partial charge on any atom is 0.341 e. The fourth-order valence-electron chi connectivity index (χ4n) is 2.72. The maximum absolute atomic E-state index is 13.9. The van der Waals surface area contributed by atoms with Gasteiger partial charge in [-0.15, -0.1) is 11.3 Å². The van der Waals surface area contributed by atoms with Crippen molar-refractivity contribution in [3.8, 4) is 0 Å². The van der Waals surface area contributed by atoms with E-state index in [-0.39, 0.29) is 28.6 Å². The fraction of sp³-hybridized carbons (Fsp3) is 0.350. The molecule has 0 aliphatic rings. The highest BCUT2D eigenvalue weighted by atomic mass is 32.1. The maximum atomic E-state index is 13.9. The van der Waals surface area contributed by atoms with Crippen LogP contribution >= 0.6 is 11.3 Å². The number of hydrogen-bond acceptors (Lipinski definition) is 5. The van der Waals surface area contributed by atoms with Crippen molar-refractivity contribution in [2.45, 2.75) is 27.7 Å². The van der Waals surface area contributed by atoms with E-state index in [1.54, 1.807) is 24.8 Å². The van der Waals surface area contributed by atoms with Gasteiger partial charge in [0.05, 0.1) is 22.6 Å². The van der Waals surface area contributed by atoms with Gasteiger partial charge in [0.1, 0.15) is 10.8 Å². The van der Waals surface area contributed by atoms with E-state index in [4.69, 9.17) is 4.74 Å². The number of amides is 2. The van der Waals surface area contributed by atoms with Crippen LogP contribution in [0.3, 0.4) is 0 Å². The number of rotatable bonds is 7. The van der Waals surface area contributed by atoms with Crippen LogP contribution in [0.25, 0.3) is 0 Å². The lowest BCUT2D eigenvalue weighted by atomic mass is 10.1. The van der Waals surface area contributed by atoms with Gasteiger partial charge in [-0.2, -0.15) is 0 Å². The zero-order valence-electron chi connectivity index (χ0n) is 16.3. The number of benzene rings is 1. The molecule has 28 heavy (non-hydrogen) atoms. The van der Waals surface area contributed by atoms with Crippen molar-refractivity contribution in [1.82, 2.24) is 4.90 Å². The minimum absolute atomic E-state index is 0.118. The Morgan fingerprint density at radius 2 is 1.79 bits per heavy atom. The number of anilines is 1. The highest BCUT2D eigenvalue weighted by Gasteiger charge is 2.28. The van der Waals surface area contributed by atoms with Gasteiger partial charge in [0.15, 0.2) is 0 Å². The summed E-state index contributed by atoms with van der Waals surface area (Å²) < 4.78 is 19.0. The molecule has 2 aromatic rings. The molecule has 1 aromatic heterocycles. The number of ether oxygens (including phenoxy) is 1. The summed E-state index contributed by atoms with van der Waals surface area (Å²) in [5, 5.41) is 2.73. The first-order valence-electron chi connectivity index (χ1n) is 9.01. The number of nitrogens with one attached hydrogen (secondary N) is 1. The number of nitrogens with zero attached hydrogens (tertiary/aromatic N) is 1. The molecular weight excluding hydrogens is 383 g/mol. The summed E-state index contributed by atoms with van der Waals surface area (Å²) in [5.41, 5.74) is 0.399. The molecule has 0 saturated carbocycles. The topological polar surface area (TPSA) is 75.7 Å². The zero-order valence-corrected chi connectivity index (χ0v) is 17.1. The minimum Gasteiger partial charge on any atom is -0.462 e. The highest BCUT2D eigenvalue weighted by Crippen LogP contribution is 2.35. The predicted molar refractivity (Wildman–Crippen MR) is 107 cm³/mol. The van der Waals surface area contributed by atoms with Gasteiger partial charge >= 0.3 is 5.97 Å². The SMILES string of the molecule is CCOC(=O)c1c(NC(=O)c2ccccc2F)sc(C(=O)N(CC)CC)c1C. The third-order valence-electron chi connectivity index (χ3n) is 4.22. The lowest BCUT2D eigenvalue weighted by Gasteiger charge is -2.18. The number of halogens is 1. The molecular formula is C20H23FN2O4S. The van der Waals surface area contributed by atoms with Crippen molar-refractivity contribution in [2.24, 2.45) is 0 Å². The smallest absolute Gasteiger partial charge is 0.341 e. The van der Waals surface area contributed by atoms with E-state index in [0.717, 1.165) is 11.3 Å². The molecule has 0 aliphatic carbocycles. The van der Waals surface area contributed by atoms with E-state index < -0.39 is 17.7 Å². The number of esters is 1. The second-order valence-electron chi connectivity index (χ2n) is 5.89. The van der Waals surface area contributed by atoms with E-state index in [1.165, 1.54) is 18.2 Å². The van der Waals surface area contributed by atoms with Gasteiger partial charge < -0.3 is 15.0 Å². The Bertz CT molecular complexity index is 890. The molecule has 0 atom stereocenters. The first-order valence-corrected chi connectivity index (χ1v) is 9.82. The van der Waals surface area contributed by atoms with E-state index in [1.807, 2.05) is 13.8 Å². The third kappa shape index (κ3) is 4.39. The minimum atomic E-state index is -0.702. The lowest BCUT2D eigenvalue weighted by Crippen LogP contribution is -2.30. The summed E-state index contributed by atoms with van der Waals surface area (Å²) in [5.74, 6) is -2.25. The number of hydrogen-bond donors (Lipinski definition) is 1. The first kappa shape index (κ1) is 21.6. The molecule has 1 heterocycles. The van der Waals surface area contributed by atoms with Crippen molar-refractivity contribution < 1.29 is 23.5 Å². The molecule has 0 saturated heterocycles. The highest BCUT2D eigenvalue weighted by molar-refractivity contribution is 7.18. The Morgan fingerprint density at radius 3 is 2.36 bits per heavy atom. The fourth-order valence-corrected chi connectivity index (χ4v) is 3.88. The van der Waals surface area contributed by atoms with Crippen molar-refractivity contribution in [3.63, 3.8) is 0 Å². The summed E-state index contributed by atoms with van der Waals surface area (Å²) in [6.45, 7) is 8.19. The van der Waals surface area contributed by atoms with Crippen LogP contribution in [0, 0.1) is 12.7 Å². The van der Waals surface area contributed by atoms with Crippen LogP contribution in [0.2, 0.25) is 0 Å². The second-order valence-corrected chi connectivity index (χ2v) is 6.91. The van der Waals surface area contributed by atoms with Gasteiger partial charge in [0, 0.05) is 13.1 Å². The van der Waals surface area contributed by atoms with Crippen LogP contribution in [0.5, 0.6) is 0 Å². The third-order valence-corrected chi connectivity index (χ3v) is 5.41. The quantitative estimate of drug-likeness (QED) is 0.702. The molecule has 0 radical (unpaired) electrons. The van der Waals surface area contributed by atoms with Crippen LogP contribution in [-0.4, -0.2) is 42.4 Å². The average Bonchev–Trinajstić information content (AvgIpc) is 2.99. The van der Waals surface area contributed by atoms with Gasteiger partial charge in [-0.25, -0.2) is 9.18 Å². The Hall–Kier alpha value is -2.74. The molecule has 2 amide bonds. The predicted octanol–water partition coefficient (Wildman–Crippen LogP) is 4.11. The summed E-state index contributed by atoms with van der Waals surface area (Å²) in [4.78, 5) is 39.7. The summed E-state index contributed by atoms with van der Waals surface area (Å²) in [7, 11) is 0. The number of carbonyl (C=O) groups excluding carboxylic acids is 3. The van der Waals surface area contributed by atoms with Crippen LogP contribution in [0.4, 0.5) is 9.39 Å². The van der Waals surface area contributed by atoms with Gasteiger partial charge in [0.2, 0.25) is 0 Å². The normalized spacial score (nSPS) is 10.5. The Balaban J connectivity index is 2.48. The Labute approximate surface area is 167 Å². The van der Waals surface area contributed by atoms with Crippen molar-refractivity contribution in [2.75, 3.05) is 25.0 Å². The van der Waals surface area contributed by atoms with Crippen molar-refractivity contribution >= 4 is 34.1 Å². The zero-order chi connectivity index (χ0) is 20.8. The second kappa shape index (κ2) is 9.45. The lowest BCUT2D eigenvalue weighted by molar-refractivity contribution is 0.0527. The molecule has 2 rings (SSSR count). The molecule has 0 fully saturated rings. The molecule has 6 nitrogen and oxygen atoms in total. The van der Waals surface area contributed by atoms with Crippen LogP contribution in [0.15, 0.2) is 24.3 Å². The van der Waals surface area contributed by atoms with Gasteiger partial charge in [-0.05, 0) is 45.4 Å². The van der Waals surface area contributed by atoms with Gasteiger partial charge in [0.25, 0.3) is 11.8 Å². The van der Waals surface area contributed by atoms with Crippen LogP contribution in [0.1, 0.15) is 56.7 Å². The van der Waals surface area contributed by atoms with E-state index >= 15 is 0 Å². The molecule has 1 N–H and O–H groups in total. The van der Waals surface area contributed by atoms with E-state index in [9.17, 15) is 18.8 Å². The molecule has 0 spiro atoms. The van der Waals surface area contributed by atoms with Crippen LogP contribution in [-0.2, 0) is 4.74 Å². The van der Waals surface area contributed by atoms with E-state index in [2.05, 4.69) is 5.32 Å². The van der Waals surface area contributed by atoms with Crippen molar-refractivity contribution in [3.05, 3.63) is 51.7 Å². The largest absolute Gasteiger partial charge is 0.462 e. The monoisotopic (exact) mass is 406 g/mol. The number of carbonyl (C=O) groups is 3. The molecule has 8 heteroatoms. The van der Waals surface area contributed by atoms with Crippen molar-refractivity contribution in [1.29, 1.82) is 0 Å². The first-order chi connectivity index (χ1) is 13.3. The molecule has 0 aliphatic heterocycles. The van der Waals surface area contributed by atoms with Gasteiger partial charge in [-0.1, -0.05) is 12.1 Å². The molecule has 0 unspecified atom stereocenters. The molecule has 0 bridgehead atoms. The summed E-state index contributed by atoms with van der Waals surface area (Å²) in [6.07, 6.45) is 0. The van der Waals surface area contributed by atoms with Crippen LogP contribution < -0.4 is 5.32 Å². The Morgan fingerprint density at radius 1 is 1.14 bits per heavy atom. The average molecular weight is 406 g/mol. The standard InChI is InChI=1S/C20H23FN2O4S/c1-5-23(6-2)19(25)16-12(4)15(20(26)27-7-3)18(28-16)22-17(24)13-10-8-9-11-14(13)21/h8-11H,5-7H2,1-4H3,(H,22,24). The molecule has 150 valence electrons. The summed E-state index contributed by atoms with van der Waals surface area (Å²) >= 11 is 0.990. The van der Waals surface area contributed by atoms with E-state index in [0.29, 0.717) is 23.5 Å². The Kier molecular flexibility index (Phi) is 7.28.